The number of hydrogen-bond acceptors (Lipinski definition) is 5. The van der Waals surface area contributed by atoms with E-state index in [9.17, 15) is 14.4 Å². The van der Waals surface area contributed by atoms with E-state index in [0.717, 1.165) is 5.56 Å². The molecule has 1 aliphatic rings. The van der Waals surface area contributed by atoms with Crippen molar-refractivity contribution >= 4 is 46.7 Å². The van der Waals surface area contributed by atoms with Crippen LogP contribution >= 0.6 is 23.4 Å². The molecule has 2 amide bonds. The lowest BCUT2D eigenvalue weighted by Crippen LogP contribution is -2.36. The minimum atomic E-state index is -0.922. The molecule has 1 atom stereocenters. The summed E-state index contributed by atoms with van der Waals surface area (Å²) < 4.78 is 0. The molecule has 0 radical (unpaired) electrons. The van der Waals surface area contributed by atoms with Crippen LogP contribution in [0.4, 0.5) is 11.5 Å². The number of nitrogens with one attached hydrogen (secondary N) is 3. The Morgan fingerprint density at radius 2 is 2.19 bits per heavy atom. The lowest BCUT2D eigenvalue weighted by atomic mass is 9.92. The van der Waals surface area contributed by atoms with Crippen molar-refractivity contribution in [1.29, 1.82) is 0 Å². The zero-order chi connectivity index (χ0) is 18.8. The second-order valence-corrected chi connectivity index (χ2v) is 7.51. The Hall–Kier alpha value is -2.32. The third kappa shape index (κ3) is 3.76. The van der Waals surface area contributed by atoms with Gasteiger partial charge in [0.1, 0.15) is 5.82 Å². The zero-order valence-electron chi connectivity index (χ0n) is 14.2. The molecule has 3 N–H and O–H groups in total. The maximum atomic E-state index is 12.8. The number of aryl methyl sites for hydroxylation is 1. The minimum Gasteiger partial charge on any atom is -0.325 e. The molecule has 3 rings (SSSR count). The Bertz CT molecular complexity index is 944. The first-order valence-electron chi connectivity index (χ1n) is 8.03. The van der Waals surface area contributed by atoms with Crippen LogP contribution in [0.3, 0.4) is 0 Å². The first-order chi connectivity index (χ1) is 12.4. The summed E-state index contributed by atoms with van der Waals surface area (Å²) in [5, 5.41) is 6.23. The summed E-state index contributed by atoms with van der Waals surface area (Å²) >= 11 is 7.33. The molecular formula is C17H17ClN4O3S. The number of aromatic amines is 1. The second kappa shape index (κ2) is 7.51. The largest absolute Gasteiger partial charge is 0.325 e. The highest BCUT2D eigenvalue weighted by molar-refractivity contribution is 7.99. The summed E-state index contributed by atoms with van der Waals surface area (Å²) in [6, 6.07) is 5.13. The first kappa shape index (κ1) is 18.5. The van der Waals surface area contributed by atoms with E-state index in [1.54, 1.807) is 18.2 Å². The van der Waals surface area contributed by atoms with E-state index in [1.165, 1.54) is 11.8 Å². The molecule has 0 spiro atoms. The van der Waals surface area contributed by atoms with Crippen molar-refractivity contribution in [2.45, 2.75) is 31.3 Å². The SMILES string of the molecule is CCSc1nc2c(c(=O)[nH]1)[C@H](C(=O)Nc1cc(Cl)ccc1C)CC(=O)N2. The number of fused-ring (bicyclic) bond motifs is 1. The summed E-state index contributed by atoms with van der Waals surface area (Å²) in [4.78, 5) is 44.2. The van der Waals surface area contributed by atoms with Crippen molar-refractivity contribution in [3.8, 4) is 0 Å². The molecule has 9 heteroatoms. The summed E-state index contributed by atoms with van der Waals surface area (Å²) in [5.74, 6) is -0.869. The molecule has 2 aromatic rings. The van der Waals surface area contributed by atoms with Gasteiger partial charge < -0.3 is 15.6 Å². The first-order valence-corrected chi connectivity index (χ1v) is 9.39. The van der Waals surface area contributed by atoms with Crippen LogP contribution in [0, 0.1) is 6.92 Å². The number of carbonyl (C=O) groups is 2. The van der Waals surface area contributed by atoms with Gasteiger partial charge in [-0.25, -0.2) is 4.98 Å². The minimum absolute atomic E-state index is 0.122. The summed E-state index contributed by atoms with van der Waals surface area (Å²) in [7, 11) is 0. The summed E-state index contributed by atoms with van der Waals surface area (Å²) in [6.07, 6.45) is -0.122. The predicted molar refractivity (Wildman–Crippen MR) is 102 cm³/mol. The van der Waals surface area contributed by atoms with Gasteiger partial charge in [-0.05, 0) is 30.4 Å². The molecule has 26 heavy (non-hydrogen) atoms. The van der Waals surface area contributed by atoms with Gasteiger partial charge in [-0.1, -0.05) is 36.4 Å². The molecule has 1 aromatic carbocycles. The Kier molecular flexibility index (Phi) is 5.33. The topological polar surface area (TPSA) is 104 Å². The molecule has 0 unspecified atom stereocenters. The number of aromatic nitrogens is 2. The highest BCUT2D eigenvalue weighted by atomic mass is 35.5. The molecule has 136 valence electrons. The number of benzene rings is 1. The monoisotopic (exact) mass is 392 g/mol. The van der Waals surface area contributed by atoms with Crippen LogP contribution in [0.1, 0.15) is 30.4 Å². The Balaban J connectivity index is 1.96. The molecule has 1 aromatic heterocycles. The quantitative estimate of drug-likeness (QED) is 0.548. The van der Waals surface area contributed by atoms with Gasteiger partial charge in [0.05, 0.1) is 11.5 Å². The average Bonchev–Trinajstić information content (AvgIpc) is 2.57. The number of nitrogens with zero attached hydrogens (tertiary/aromatic N) is 1. The van der Waals surface area contributed by atoms with Gasteiger partial charge in [-0.2, -0.15) is 0 Å². The van der Waals surface area contributed by atoms with Crippen LogP contribution in [-0.2, 0) is 9.59 Å². The lowest BCUT2D eigenvalue weighted by molar-refractivity contribution is -0.123. The fourth-order valence-corrected chi connectivity index (χ4v) is 3.49. The van der Waals surface area contributed by atoms with Gasteiger partial charge in [0, 0.05) is 17.1 Å². The van der Waals surface area contributed by atoms with Gasteiger partial charge >= 0.3 is 0 Å². The van der Waals surface area contributed by atoms with Crippen molar-refractivity contribution in [2.24, 2.45) is 0 Å². The standard InChI is InChI=1S/C17H17ClN4O3S/c1-3-26-17-21-14-13(16(25)22-17)10(7-12(23)20-14)15(24)19-11-6-9(18)5-4-8(11)2/h4-6,10H,3,7H2,1-2H3,(H,19,24)(H2,20,21,22,23,25)/t10-/m1/s1. The number of H-pyrrole nitrogens is 1. The molecular weight excluding hydrogens is 376 g/mol. The number of halogens is 1. The fraction of sp³-hybridized carbons (Fsp3) is 0.294. The fourth-order valence-electron chi connectivity index (χ4n) is 2.73. The van der Waals surface area contributed by atoms with E-state index >= 15 is 0 Å². The number of anilines is 2. The highest BCUT2D eigenvalue weighted by Gasteiger charge is 2.34. The van der Waals surface area contributed by atoms with Crippen molar-refractivity contribution < 1.29 is 9.59 Å². The van der Waals surface area contributed by atoms with Gasteiger partial charge in [0.15, 0.2) is 5.16 Å². The lowest BCUT2D eigenvalue weighted by Gasteiger charge is -2.23. The van der Waals surface area contributed by atoms with Gasteiger partial charge in [-0.15, -0.1) is 0 Å². The summed E-state index contributed by atoms with van der Waals surface area (Å²) in [5.41, 5.74) is 1.11. The Morgan fingerprint density at radius 3 is 2.92 bits per heavy atom. The smallest absolute Gasteiger partial charge is 0.257 e. The number of amides is 2. The number of rotatable bonds is 4. The maximum absolute atomic E-state index is 12.8. The number of hydrogen-bond donors (Lipinski definition) is 3. The van der Waals surface area contributed by atoms with Crippen LogP contribution in [0.5, 0.6) is 0 Å². The summed E-state index contributed by atoms with van der Waals surface area (Å²) in [6.45, 7) is 3.75. The molecule has 2 heterocycles. The van der Waals surface area contributed by atoms with Crippen LogP contribution < -0.4 is 16.2 Å². The predicted octanol–water partition coefficient (Wildman–Crippen LogP) is 2.91. The number of carbonyl (C=O) groups excluding carboxylic acids is 2. The zero-order valence-corrected chi connectivity index (χ0v) is 15.8. The maximum Gasteiger partial charge on any atom is 0.257 e. The molecule has 0 fully saturated rings. The van der Waals surface area contributed by atoms with Gasteiger partial charge in [-0.3, -0.25) is 14.4 Å². The van der Waals surface area contributed by atoms with E-state index < -0.39 is 17.4 Å². The van der Waals surface area contributed by atoms with Crippen molar-refractivity contribution in [3.63, 3.8) is 0 Å². The Morgan fingerprint density at radius 1 is 1.42 bits per heavy atom. The van der Waals surface area contributed by atoms with Crippen molar-refractivity contribution in [3.05, 3.63) is 44.7 Å². The molecule has 1 aliphatic heterocycles. The average molecular weight is 393 g/mol. The molecule has 0 bridgehead atoms. The highest BCUT2D eigenvalue weighted by Crippen LogP contribution is 2.31. The third-order valence-corrected chi connectivity index (χ3v) is 4.97. The second-order valence-electron chi connectivity index (χ2n) is 5.82. The van der Waals surface area contributed by atoms with Crippen LogP contribution in [-0.4, -0.2) is 27.5 Å². The van der Waals surface area contributed by atoms with Crippen LogP contribution in [0.25, 0.3) is 0 Å². The molecule has 7 nitrogen and oxygen atoms in total. The van der Waals surface area contributed by atoms with Crippen LogP contribution in [0.2, 0.25) is 5.02 Å². The van der Waals surface area contributed by atoms with E-state index in [-0.39, 0.29) is 23.7 Å². The van der Waals surface area contributed by atoms with Crippen molar-refractivity contribution in [1.82, 2.24) is 9.97 Å². The van der Waals surface area contributed by atoms with E-state index in [4.69, 9.17) is 11.6 Å². The van der Waals surface area contributed by atoms with E-state index in [2.05, 4.69) is 20.6 Å². The van der Waals surface area contributed by atoms with Crippen LogP contribution in [0.15, 0.2) is 28.2 Å². The van der Waals surface area contributed by atoms with Gasteiger partial charge in [0.2, 0.25) is 11.8 Å². The van der Waals surface area contributed by atoms with E-state index in [0.29, 0.717) is 21.6 Å². The normalized spacial score (nSPS) is 16.0. The molecule has 0 saturated carbocycles. The van der Waals surface area contributed by atoms with Gasteiger partial charge in [0.25, 0.3) is 5.56 Å². The van der Waals surface area contributed by atoms with E-state index in [1.807, 2.05) is 13.8 Å². The molecule has 0 saturated heterocycles. The third-order valence-electron chi connectivity index (χ3n) is 3.98. The van der Waals surface area contributed by atoms with Crippen molar-refractivity contribution in [2.75, 3.05) is 16.4 Å². The Labute approximate surface area is 158 Å². The number of thioether (sulfide) groups is 1. The molecule has 0 aliphatic carbocycles.